The minimum Gasteiger partial charge on any atom is -0.382 e. The highest BCUT2D eigenvalue weighted by atomic mass is 79.9. The quantitative estimate of drug-likeness (QED) is 0.525. The normalized spacial score (nSPS) is 23.2. The zero-order valence-corrected chi connectivity index (χ0v) is 11.2. The lowest BCUT2D eigenvalue weighted by molar-refractivity contribution is 0.0456. The first-order valence-electron chi connectivity index (χ1n) is 5.75. The van der Waals surface area contributed by atoms with Crippen molar-refractivity contribution in [3.63, 3.8) is 0 Å². The van der Waals surface area contributed by atoms with E-state index >= 15 is 0 Å². The smallest absolute Gasteiger partial charge is 0.0700 e. The topological polar surface area (TPSA) is 21.7 Å². The van der Waals surface area contributed by atoms with E-state index < -0.39 is 0 Å². The van der Waals surface area contributed by atoms with Crippen molar-refractivity contribution >= 4 is 15.9 Å². The van der Waals surface area contributed by atoms with Crippen LogP contribution in [-0.2, 0) is 9.47 Å². The molecule has 0 saturated carbocycles. The molecular formula is C11H22BrNO2. The first-order chi connectivity index (χ1) is 7.38. The van der Waals surface area contributed by atoms with Crippen molar-refractivity contribution in [2.45, 2.75) is 25.3 Å². The minimum atomic E-state index is 0.696. The number of halogens is 1. The van der Waals surface area contributed by atoms with Crippen molar-refractivity contribution in [1.82, 2.24) is 4.90 Å². The maximum atomic E-state index is 5.49. The molecule has 0 aromatic heterocycles. The summed E-state index contributed by atoms with van der Waals surface area (Å²) in [6, 6.07) is 0.713. The monoisotopic (exact) mass is 279 g/mol. The van der Waals surface area contributed by atoms with Gasteiger partial charge >= 0.3 is 0 Å². The fourth-order valence-corrected chi connectivity index (χ4v) is 2.69. The molecular weight excluding hydrogens is 258 g/mol. The highest BCUT2D eigenvalue weighted by Gasteiger charge is 2.20. The number of hydrogen-bond donors (Lipinski definition) is 0. The summed E-state index contributed by atoms with van der Waals surface area (Å²) in [6.07, 6.45) is 4.03. The first kappa shape index (κ1) is 13.4. The molecule has 0 bridgehead atoms. The van der Waals surface area contributed by atoms with Crippen molar-refractivity contribution in [2.75, 3.05) is 45.4 Å². The molecule has 1 saturated heterocycles. The van der Waals surface area contributed by atoms with Crippen LogP contribution in [0.15, 0.2) is 0 Å². The van der Waals surface area contributed by atoms with Crippen LogP contribution in [0.5, 0.6) is 0 Å². The molecule has 1 aliphatic rings. The Morgan fingerprint density at radius 3 is 2.87 bits per heavy atom. The van der Waals surface area contributed by atoms with Gasteiger partial charge in [-0.2, -0.15) is 0 Å². The number of methoxy groups -OCH3 is 1. The van der Waals surface area contributed by atoms with Gasteiger partial charge in [-0.1, -0.05) is 22.4 Å². The lowest BCUT2D eigenvalue weighted by Crippen LogP contribution is -2.42. The van der Waals surface area contributed by atoms with E-state index in [1.165, 1.54) is 25.8 Å². The van der Waals surface area contributed by atoms with Gasteiger partial charge in [0.2, 0.25) is 0 Å². The molecule has 0 aromatic carbocycles. The zero-order valence-electron chi connectivity index (χ0n) is 9.58. The Balaban J connectivity index is 2.07. The van der Waals surface area contributed by atoms with Crippen LogP contribution in [0.25, 0.3) is 0 Å². The molecule has 1 fully saturated rings. The Hall–Kier alpha value is 0.360. The predicted molar refractivity (Wildman–Crippen MR) is 65.7 cm³/mol. The van der Waals surface area contributed by atoms with Crippen LogP contribution in [0, 0.1) is 0 Å². The van der Waals surface area contributed by atoms with Crippen LogP contribution in [0.3, 0.4) is 0 Å². The summed E-state index contributed by atoms with van der Waals surface area (Å²) in [4.78, 5) is 2.53. The molecule has 1 rings (SSSR count). The number of piperidine rings is 1. The third-order valence-corrected chi connectivity index (χ3v) is 3.63. The molecule has 1 heterocycles. The average molecular weight is 280 g/mol. The van der Waals surface area contributed by atoms with Crippen molar-refractivity contribution in [1.29, 1.82) is 0 Å². The van der Waals surface area contributed by atoms with E-state index in [0.29, 0.717) is 19.3 Å². The molecule has 0 N–H and O–H groups in total. The van der Waals surface area contributed by atoms with Crippen LogP contribution >= 0.6 is 15.9 Å². The van der Waals surface area contributed by atoms with Crippen LogP contribution in [0.1, 0.15) is 19.3 Å². The fraction of sp³-hybridized carbons (Fsp3) is 1.00. The Bertz CT molecular complexity index is 158. The largest absolute Gasteiger partial charge is 0.382 e. The van der Waals surface area contributed by atoms with Crippen molar-refractivity contribution < 1.29 is 9.47 Å². The number of hydrogen-bond acceptors (Lipinski definition) is 3. The van der Waals surface area contributed by atoms with Crippen LogP contribution in [-0.4, -0.2) is 56.3 Å². The van der Waals surface area contributed by atoms with Crippen LogP contribution < -0.4 is 0 Å². The maximum Gasteiger partial charge on any atom is 0.0700 e. The van der Waals surface area contributed by atoms with Gasteiger partial charge in [0.25, 0.3) is 0 Å². The van der Waals surface area contributed by atoms with Crippen molar-refractivity contribution in [3.8, 4) is 0 Å². The molecule has 1 atom stereocenters. The molecule has 0 radical (unpaired) electrons. The molecule has 3 nitrogen and oxygen atoms in total. The first-order valence-corrected chi connectivity index (χ1v) is 6.87. The lowest BCUT2D eigenvalue weighted by atomic mass is 10.0. The molecule has 90 valence electrons. The second-order valence-corrected chi connectivity index (χ2v) is 4.59. The van der Waals surface area contributed by atoms with Crippen LogP contribution in [0.4, 0.5) is 0 Å². The molecule has 4 heteroatoms. The predicted octanol–water partition coefficient (Wildman–Crippen LogP) is 1.90. The third-order valence-electron chi connectivity index (χ3n) is 2.88. The zero-order chi connectivity index (χ0) is 10.9. The Labute approximate surface area is 101 Å². The number of alkyl halides is 1. The summed E-state index contributed by atoms with van der Waals surface area (Å²) in [5.41, 5.74) is 0. The number of ether oxygens (including phenoxy) is 2. The van der Waals surface area contributed by atoms with E-state index in [-0.39, 0.29) is 0 Å². The van der Waals surface area contributed by atoms with Crippen molar-refractivity contribution in [2.24, 2.45) is 0 Å². The molecule has 0 aliphatic carbocycles. The third kappa shape index (κ3) is 5.29. The summed E-state index contributed by atoms with van der Waals surface area (Å²) in [5.74, 6) is 0. The Morgan fingerprint density at radius 2 is 2.13 bits per heavy atom. The summed E-state index contributed by atoms with van der Waals surface area (Å²) < 4.78 is 10.4. The number of nitrogens with zero attached hydrogens (tertiary/aromatic N) is 1. The minimum absolute atomic E-state index is 0.696. The molecule has 0 spiro atoms. The molecule has 15 heavy (non-hydrogen) atoms. The molecule has 1 aliphatic heterocycles. The van der Waals surface area contributed by atoms with Gasteiger partial charge in [-0.25, -0.2) is 0 Å². The summed E-state index contributed by atoms with van der Waals surface area (Å²) in [5, 5.41) is 1.09. The Morgan fingerprint density at radius 1 is 1.27 bits per heavy atom. The van der Waals surface area contributed by atoms with Crippen molar-refractivity contribution in [3.05, 3.63) is 0 Å². The molecule has 0 aromatic rings. The van der Waals surface area contributed by atoms with Gasteiger partial charge in [0.05, 0.1) is 19.8 Å². The van der Waals surface area contributed by atoms with E-state index in [1.807, 2.05) is 0 Å². The standard InChI is InChI=1S/C11H22BrNO2/c1-14-8-9-15-7-6-13-5-3-2-4-11(13)10-12/h11H,2-10H2,1H3. The number of likely N-dealkylation sites (tertiary alicyclic amines) is 1. The highest BCUT2D eigenvalue weighted by Crippen LogP contribution is 2.17. The Kier molecular flexibility index (Phi) is 7.61. The SMILES string of the molecule is COCCOCCN1CCCCC1CBr. The second-order valence-electron chi connectivity index (χ2n) is 3.95. The van der Waals surface area contributed by atoms with Gasteiger partial charge in [-0.05, 0) is 19.4 Å². The van der Waals surface area contributed by atoms with E-state index in [9.17, 15) is 0 Å². The van der Waals surface area contributed by atoms with E-state index in [2.05, 4.69) is 20.8 Å². The van der Waals surface area contributed by atoms with Crippen LogP contribution in [0.2, 0.25) is 0 Å². The summed E-state index contributed by atoms with van der Waals surface area (Å²) >= 11 is 3.58. The molecule has 0 amide bonds. The van der Waals surface area contributed by atoms with Gasteiger partial charge in [0.15, 0.2) is 0 Å². The van der Waals surface area contributed by atoms with Gasteiger partial charge in [0.1, 0.15) is 0 Å². The second kappa shape index (κ2) is 8.50. The highest BCUT2D eigenvalue weighted by molar-refractivity contribution is 9.09. The van der Waals surface area contributed by atoms with Gasteiger partial charge in [0, 0.05) is 25.0 Å². The lowest BCUT2D eigenvalue weighted by Gasteiger charge is -2.34. The van der Waals surface area contributed by atoms with E-state index in [0.717, 1.165) is 18.5 Å². The van der Waals surface area contributed by atoms with E-state index in [4.69, 9.17) is 9.47 Å². The molecule has 1 unspecified atom stereocenters. The maximum absolute atomic E-state index is 5.49. The summed E-state index contributed by atoms with van der Waals surface area (Å²) in [7, 11) is 1.70. The van der Waals surface area contributed by atoms with Gasteiger partial charge in [-0.3, -0.25) is 4.90 Å². The average Bonchev–Trinajstić information content (AvgIpc) is 2.29. The summed E-state index contributed by atoms with van der Waals surface area (Å²) in [6.45, 7) is 4.52. The van der Waals surface area contributed by atoms with Gasteiger partial charge in [-0.15, -0.1) is 0 Å². The fourth-order valence-electron chi connectivity index (χ4n) is 1.96. The van der Waals surface area contributed by atoms with Gasteiger partial charge < -0.3 is 9.47 Å². The van der Waals surface area contributed by atoms with E-state index in [1.54, 1.807) is 7.11 Å². The number of rotatable bonds is 7.